The molecule has 1 atom stereocenters. The van der Waals surface area contributed by atoms with E-state index in [2.05, 4.69) is 20.3 Å². The highest BCUT2D eigenvalue weighted by Crippen LogP contribution is 2.27. The largest absolute Gasteiger partial charge is 0.492 e. The molecule has 1 N–H and O–H groups in total. The first kappa shape index (κ1) is 15.7. The lowest BCUT2D eigenvalue weighted by Gasteiger charge is -2.24. The van der Waals surface area contributed by atoms with E-state index in [1.807, 2.05) is 29.6 Å². The maximum absolute atomic E-state index is 12.4. The summed E-state index contributed by atoms with van der Waals surface area (Å²) >= 11 is 1.47. The SMILES string of the molecule is O=C(NCc1csc(-c2ncccn2)n1)C1COc2ccccc2C1. The average Bonchev–Trinajstić information content (AvgIpc) is 3.15. The first-order chi connectivity index (χ1) is 12.3. The molecule has 1 unspecified atom stereocenters. The lowest BCUT2D eigenvalue weighted by Crippen LogP contribution is -2.37. The second-order valence-corrected chi connectivity index (χ2v) is 6.61. The predicted octanol–water partition coefficient (Wildman–Crippen LogP) is 2.47. The van der Waals surface area contributed by atoms with Crippen molar-refractivity contribution in [3.8, 4) is 16.6 Å². The number of hydrogen-bond donors (Lipinski definition) is 1. The summed E-state index contributed by atoms with van der Waals surface area (Å²) in [6, 6.07) is 9.61. The third kappa shape index (κ3) is 3.51. The highest BCUT2D eigenvalue weighted by molar-refractivity contribution is 7.13. The van der Waals surface area contributed by atoms with Crippen LogP contribution in [0.2, 0.25) is 0 Å². The number of nitrogens with zero attached hydrogens (tertiary/aromatic N) is 3. The average molecular weight is 352 g/mol. The number of carbonyl (C=O) groups excluding carboxylic acids is 1. The zero-order valence-corrected chi connectivity index (χ0v) is 14.2. The van der Waals surface area contributed by atoms with Gasteiger partial charge < -0.3 is 10.1 Å². The van der Waals surface area contributed by atoms with Crippen LogP contribution in [0, 0.1) is 5.92 Å². The zero-order chi connectivity index (χ0) is 17.1. The van der Waals surface area contributed by atoms with Gasteiger partial charge in [0.05, 0.1) is 18.2 Å². The van der Waals surface area contributed by atoms with Crippen molar-refractivity contribution < 1.29 is 9.53 Å². The number of amides is 1. The predicted molar refractivity (Wildman–Crippen MR) is 94.1 cm³/mol. The van der Waals surface area contributed by atoms with Crippen LogP contribution in [0.25, 0.3) is 10.8 Å². The number of carbonyl (C=O) groups is 1. The molecule has 2 aromatic heterocycles. The Balaban J connectivity index is 1.36. The van der Waals surface area contributed by atoms with Crippen LogP contribution in [0.3, 0.4) is 0 Å². The summed E-state index contributed by atoms with van der Waals surface area (Å²) in [5, 5.41) is 5.61. The summed E-state index contributed by atoms with van der Waals surface area (Å²) in [6.45, 7) is 0.795. The minimum Gasteiger partial charge on any atom is -0.492 e. The summed E-state index contributed by atoms with van der Waals surface area (Å²) in [6.07, 6.45) is 4.07. The maximum atomic E-state index is 12.4. The molecule has 0 bridgehead atoms. The van der Waals surface area contributed by atoms with Crippen LogP contribution >= 0.6 is 11.3 Å². The molecule has 0 saturated carbocycles. The molecule has 3 aromatic rings. The third-order valence-corrected chi connectivity index (χ3v) is 4.89. The van der Waals surface area contributed by atoms with Gasteiger partial charge in [-0.05, 0) is 24.1 Å². The van der Waals surface area contributed by atoms with Crippen LogP contribution in [-0.2, 0) is 17.8 Å². The monoisotopic (exact) mass is 352 g/mol. The zero-order valence-electron chi connectivity index (χ0n) is 13.4. The van der Waals surface area contributed by atoms with Crippen molar-refractivity contribution in [2.45, 2.75) is 13.0 Å². The summed E-state index contributed by atoms with van der Waals surface area (Å²) < 4.78 is 5.68. The topological polar surface area (TPSA) is 77.0 Å². The molecule has 4 rings (SSSR count). The van der Waals surface area contributed by atoms with Gasteiger partial charge in [0.1, 0.15) is 12.4 Å². The highest BCUT2D eigenvalue weighted by atomic mass is 32.1. The first-order valence-electron chi connectivity index (χ1n) is 8.00. The molecular weight excluding hydrogens is 336 g/mol. The van der Waals surface area contributed by atoms with E-state index in [1.54, 1.807) is 18.5 Å². The number of hydrogen-bond acceptors (Lipinski definition) is 6. The standard InChI is InChI=1S/C18H16N4O2S/c23-17(13-8-12-4-1-2-5-15(12)24-10-13)21-9-14-11-25-18(22-14)16-19-6-3-7-20-16/h1-7,11,13H,8-10H2,(H,21,23). The van der Waals surface area contributed by atoms with E-state index < -0.39 is 0 Å². The van der Waals surface area contributed by atoms with Crippen molar-refractivity contribution in [2.75, 3.05) is 6.61 Å². The number of para-hydroxylation sites is 1. The van der Waals surface area contributed by atoms with Crippen molar-refractivity contribution in [1.82, 2.24) is 20.3 Å². The molecule has 126 valence electrons. The Morgan fingerprint density at radius 1 is 1.24 bits per heavy atom. The molecule has 7 heteroatoms. The first-order valence-corrected chi connectivity index (χ1v) is 8.88. The van der Waals surface area contributed by atoms with E-state index in [-0.39, 0.29) is 11.8 Å². The Morgan fingerprint density at radius 2 is 2.08 bits per heavy atom. The van der Waals surface area contributed by atoms with E-state index in [1.165, 1.54) is 11.3 Å². The molecule has 0 aliphatic carbocycles. The third-order valence-electron chi connectivity index (χ3n) is 4.00. The quantitative estimate of drug-likeness (QED) is 0.780. The second kappa shape index (κ2) is 6.98. The van der Waals surface area contributed by atoms with Gasteiger partial charge in [0.15, 0.2) is 10.8 Å². The molecule has 0 radical (unpaired) electrons. The number of nitrogens with one attached hydrogen (secondary N) is 1. The Hall–Kier alpha value is -2.80. The van der Waals surface area contributed by atoms with Crippen LogP contribution in [0.15, 0.2) is 48.1 Å². The van der Waals surface area contributed by atoms with Gasteiger partial charge in [0, 0.05) is 17.8 Å². The van der Waals surface area contributed by atoms with Gasteiger partial charge in [-0.1, -0.05) is 18.2 Å². The number of aromatic nitrogens is 3. The van der Waals surface area contributed by atoms with Crippen molar-refractivity contribution in [3.63, 3.8) is 0 Å². The second-order valence-electron chi connectivity index (χ2n) is 5.75. The number of benzene rings is 1. The minimum atomic E-state index is -0.175. The molecule has 1 aromatic carbocycles. The van der Waals surface area contributed by atoms with Crippen molar-refractivity contribution in [2.24, 2.45) is 5.92 Å². The van der Waals surface area contributed by atoms with E-state index in [9.17, 15) is 4.79 Å². The molecule has 1 aliphatic rings. The Bertz CT molecular complexity index is 882. The molecule has 3 heterocycles. The Kier molecular flexibility index (Phi) is 4.39. The molecule has 25 heavy (non-hydrogen) atoms. The fraction of sp³-hybridized carbons (Fsp3) is 0.222. The summed E-state index contributed by atoms with van der Waals surface area (Å²) in [5.74, 6) is 1.28. The van der Waals surface area contributed by atoms with Crippen LogP contribution in [0.5, 0.6) is 5.75 Å². The van der Waals surface area contributed by atoms with Gasteiger partial charge in [-0.2, -0.15) is 0 Å². The Morgan fingerprint density at radius 3 is 2.96 bits per heavy atom. The molecule has 0 fully saturated rings. The minimum absolute atomic E-state index is 0.0139. The number of thiazole rings is 1. The van der Waals surface area contributed by atoms with Crippen molar-refractivity contribution >= 4 is 17.2 Å². The molecular formula is C18H16N4O2S. The maximum Gasteiger partial charge on any atom is 0.227 e. The smallest absolute Gasteiger partial charge is 0.227 e. The van der Waals surface area contributed by atoms with Gasteiger partial charge in [-0.15, -0.1) is 11.3 Å². The van der Waals surface area contributed by atoms with Gasteiger partial charge in [0.25, 0.3) is 0 Å². The summed E-state index contributed by atoms with van der Waals surface area (Å²) in [5.41, 5.74) is 1.88. The van der Waals surface area contributed by atoms with E-state index in [4.69, 9.17) is 4.74 Å². The Labute approximate surface area is 148 Å². The van der Waals surface area contributed by atoms with Crippen LogP contribution < -0.4 is 10.1 Å². The summed E-state index contributed by atoms with van der Waals surface area (Å²) in [4.78, 5) is 25.3. The fourth-order valence-electron chi connectivity index (χ4n) is 2.72. The van der Waals surface area contributed by atoms with Crippen molar-refractivity contribution in [1.29, 1.82) is 0 Å². The van der Waals surface area contributed by atoms with Crippen molar-refractivity contribution in [3.05, 3.63) is 59.4 Å². The molecule has 1 aliphatic heterocycles. The number of rotatable bonds is 4. The number of ether oxygens (including phenoxy) is 1. The van der Waals surface area contributed by atoms with E-state index in [0.717, 1.165) is 22.0 Å². The summed E-state index contributed by atoms with van der Waals surface area (Å²) in [7, 11) is 0. The number of fused-ring (bicyclic) bond motifs is 1. The molecule has 6 nitrogen and oxygen atoms in total. The molecule has 0 saturated heterocycles. The molecule has 0 spiro atoms. The van der Waals surface area contributed by atoms with Crippen LogP contribution in [0.4, 0.5) is 0 Å². The van der Waals surface area contributed by atoms with E-state index in [0.29, 0.717) is 25.4 Å². The van der Waals surface area contributed by atoms with Crippen LogP contribution in [0.1, 0.15) is 11.3 Å². The van der Waals surface area contributed by atoms with Crippen LogP contribution in [-0.4, -0.2) is 27.5 Å². The highest BCUT2D eigenvalue weighted by Gasteiger charge is 2.25. The molecule has 1 amide bonds. The van der Waals surface area contributed by atoms with Gasteiger partial charge in [-0.3, -0.25) is 4.79 Å². The van der Waals surface area contributed by atoms with E-state index >= 15 is 0 Å². The van der Waals surface area contributed by atoms with Gasteiger partial charge >= 0.3 is 0 Å². The fourth-order valence-corrected chi connectivity index (χ4v) is 3.48. The normalized spacial score (nSPS) is 15.9. The lowest BCUT2D eigenvalue weighted by molar-refractivity contribution is -0.126. The van der Waals surface area contributed by atoms with Gasteiger partial charge in [-0.25, -0.2) is 15.0 Å². The lowest BCUT2D eigenvalue weighted by atomic mass is 9.96. The van der Waals surface area contributed by atoms with Gasteiger partial charge in [0.2, 0.25) is 5.91 Å².